The van der Waals surface area contributed by atoms with Gasteiger partial charge in [0.2, 0.25) is 0 Å². The highest BCUT2D eigenvalue weighted by Gasteiger charge is 2.15. The first-order valence-electron chi connectivity index (χ1n) is 5.71. The zero-order valence-corrected chi connectivity index (χ0v) is 11.8. The molecule has 0 aromatic heterocycles. The van der Waals surface area contributed by atoms with Crippen molar-refractivity contribution in [1.82, 2.24) is 10.2 Å². The lowest BCUT2D eigenvalue weighted by molar-refractivity contribution is -0.384. The van der Waals surface area contributed by atoms with Gasteiger partial charge in [-0.3, -0.25) is 14.9 Å². The maximum atomic E-state index is 11.8. The summed E-state index contributed by atoms with van der Waals surface area (Å²) in [7, 11) is 3.83. The van der Waals surface area contributed by atoms with Gasteiger partial charge in [0.25, 0.3) is 11.6 Å². The van der Waals surface area contributed by atoms with Crippen LogP contribution in [0, 0.1) is 10.1 Å². The van der Waals surface area contributed by atoms with Gasteiger partial charge in [-0.05, 0) is 33.2 Å². The molecule has 0 saturated heterocycles. The molecule has 1 unspecified atom stereocenters. The van der Waals surface area contributed by atoms with Gasteiger partial charge in [0.1, 0.15) is 5.02 Å². The fraction of sp³-hybridized carbons (Fsp3) is 0.417. The van der Waals surface area contributed by atoms with Crippen LogP contribution in [0.2, 0.25) is 5.02 Å². The maximum Gasteiger partial charge on any atom is 0.287 e. The highest BCUT2D eigenvalue weighted by Crippen LogP contribution is 2.24. The molecule has 0 bridgehead atoms. The van der Waals surface area contributed by atoms with Crippen LogP contribution in [0.3, 0.4) is 0 Å². The van der Waals surface area contributed by atoms with Crippen molar-refractivity contribution in [2.75, 3.05) is 20.6 Å². The highest BCUT2D eigenvalue weighted by molar-refractivity contribution is 6.33. The van der Waals surface area contributed by atoms with Crippen LogP contribution < -0.4 is 5.32 Å². The normalized spacial score (nSPS) is 12.3. The summed E-state index contributed by atoms with van der Waals surface area (Å²) in [5.41, 5.74) is 0.0985. The first-order valence-corrected chi connectivity index (χ1v) is 6.09. The lowest BCUT2D eigenvalue weighted by Gasteiger charge is -2.19. The summed E-state index contributed by atoms with van der Waals surface area (Å²) in [6.07, 6.45) is 0. The minimum absolute atomic E-state index is 0.0432. The van der Waals surface area contributed by atoms with Crippen molar-refractivity contribution in [2.24, 2.45) is 0 Å². The number of likely N-dealkylation sites (N-methyl/N-ethyl adjacent to an activating group) is 1. The second-order valence-corrected chi connectivity index (χ2v) is 4.85. The summed E-state index contributed by atoms with van der Waals surface area (Å²) in [5.74, 6) is -0.300. The zero-order chi connectivity index (χ0) is 14.6. The third-order valence-electron chi connectivity index (χ3n) is 2.85. The van der Waals surface area contributed by atoms with Gasteiger partial charge >= 0.3 is 0 Å². The Morgan fingerprint density at radius 3 is 2.63 bits per heavy atom. The Morgan fingerprint density at radius 1 is 1.53 bits per heavy atom. The SMILES string of the molecule is CC(CNC(=O)c1ccc([N+](=O)[O-])c(Cl)c1)N(C)C. The smallest absolute Gasteiger partial charge is 0.287 e. The summed E-state index contributed by atoms with van der Waals surface area (Å²) in [6.45, 7) is 2.46. The molecule has 0 fully saturated rings. The van der Waals surface area contributed by atoms with Gasteiger partial charge < -0.3 is 10.2 Å². The Balaban J connectivity index is 2.73. The minimum Gasteiger partial charge on any atom is -0.350 e. The molecule has 1 aromatic rings. The molecular weight excluding hydrogens is 270 g/mol. The Bertz CT molecular complexity index is 491. The van der Waals surface area contributed by atoms with E-state index in [1.165, 1.54) is 18.2 Å². The van der Waals surface area contributed by atoms with E-state index in [0.717, 1.165) is 0 Å². The molecule has 104 valence electrons. The number of carbonyl (C=O) groups excluding carboxylic acids is 1. The highest BCUT2D eigenvalue weighted by atomic mass is 35.5. The molecule has 7 heteroatoms. The second-order valence-electron chi connectivity index (χ2n) is 4.45. The molecule has 0 heterocycles. The molecule has 6 nitrogen and oxygen atoms in total. The summed E-state index contributed by atoms with van der Waals surface area (Å²) in [4.78, 5) is 23.8. The van der Waals surface area contributed by atoms with Crippen LogP contribution in [0.25, 0.3) is 0 Å². The van der Waals surface area contributed by atoms with E-state index in [0.29, 0.717) is 12.1 Å². The summed E-state index contributed by atoms with van der Waals surface area (Å²) in [6, 6.07) is 4.11. The molecule has 0 aliphatic carbocycles. The van der Waals surface area contributed by atoms with Gasteiger partial charge in [-0.1, -0.05) is 11.6 Å². The Kier molecular flexibility index (Phi) is 5.26. The topological polar surface area (TPSA) is 75.5 Å². The van der Waals surface area contributed by atoms with Crippen molar-refractivity contribution >= 4 is 23.2 Å². The van der Waals surface area contributed by atoms with Crippen LogP contribution in [0.5, 0.6) is 0 Å². The van der Waals surface area contributed by atoms with Crippen molar-refractivity contribution < 1.29 is 9.72 Å². The van der Waals surface area contributed by atoms with Gasteiger partial charge in [0.15, 0.2) is 0 Å². The lowest BCUT2D eigenvalue weighted by Crippen LogP contribution is -2.38. The molecule has 1 amide bonds. The van der Waals surface area contributed by atoms with Crippen LogP contribution in [-0.2, 0) is 0 Å². The van der Waals surface area contributed by atoms with Gasteiger partial charge in [-0.15, -0.1) is 0 Å². The maximum absolute atomic E-state index is 11.8. The first-order chi connectivity index (χ1) is 8.82. The van der Waals surface area contributed by atoms with E-state index >= 15 is 0 Å². The predicted octanol–water partition coefficient (Wildman–Crippen LogP) is 1.93. The zero-order valence-electron chi connectivity index (χ0n) is 11.0. The quantitative estimate of drug-likeness (QED) is 0.662. The molecule has 0 spiro atoms. The number of nitro benzene ring substituents is 1. The third-order valence-corrected chi connectivity index (χ3v) is 3.15. The number of nitro groups is 1. The van der Waals surface area contributed by atoms with Crippen molar-refractivity contribution in [3.63, 3.8) is 0 Å². The number of nitrogens with one attached hydrogen (secondary N) is 1. The average Bonchev–Trinajstić information content (AvgIpc) is 2.34. The Hall–Kier alpha value is -1.66. The Labute approximate surface area is 116 Å². The molecular formula is C12H16ClN3O3. The number of amides is 1. The predicted molar refractivity (Wildman–Crippen MR) is 73.6 cm³/mol. The molecule has 1 atom stereocenters. The number of hydrogen-bond acceptors (Lipinski definition) is 4. The summed E-state index contributed by atoms with van der Waals surface area (Å²) >= 11 is 5.75. The number of benzene rings is 1. The lowest BCUT2D eigenvalue weighted by atomic mass is 10.2. The van der Waals surface area contributed by atoms with E-state index in [4.69, 9.17) is 11.6 Å². The number of hydrogen-bond donors (Lipinski definition) is 1. The molecule has 0 aliphatic rings. The van der Waals surface area contributed by atoms with Crippen molar-refractivity contribution in [3.05, 3.63) is 38.9 Å². The molecule has 1 aromatic carbocycles. The van der Waals surface area contributed by atoms with E-state index in [1.807, 2.05) is 25.9 Å². The number of rotatable bonds is 5. The van der Waals surface area contributed by atoms with Gasteiger partial charge in [0, 0.05) is 24.2 Å². The van der Waals surface area contributed by atoms with Crippen molar-refractivity contribution in [2.45, 2.75) is 13.0 Å². The van der Waals surface area contributed by atoms with Crippen LogP contribution in [0.1, 0.15) is 17.3 Å². The monoisotopic (exact) mass is 285 g/mol. The van der Waals surface area contributed by atoms with Crippen molar-refractivity contribution in [1.29, 1.82) is 0 Å². The van der Waals surface area contributed by atoms with Crippen LogP contribution in [-0.4, -0.2) is 42.4 Å². The standard InChI is InChI=1S/C12H16ClN3O3/c1-8(15(2)3)7-14-12(17)9-4-5-11(16(18)19)10(13)6-9/h4-6,8H,7H2,1-3H3,(H,14,17). The van der Waals surface area contributed by atoms with Gasteiger partial charge in [0.05, 0.1) is 4.92 Å². The number of halogens is 1. The van der Waals surface area contributed by atoms with E-state index < -0.39 is 4.92 Å². The summed E-state index contributed by atoms with van der Waals surface area (Å²) in [5, 5.41) is 13.3. The van der Waals surface area contributed by atoms with Crippen LogP contribution in [0.4, 0.5) is 5.69 Å². The van der Waals surface area contributed by atoms with Gasteiger partial charge in [-0.25, -0.2) is 0 Å². The number of nitrogens with zero attached hydrogens (tertiary/aromatic N) is 2. The third kappa shape index (κ3) is 4.18. The van der Waals surface area contributed by atoms with Gasteiger partial charge in [-0.2, -0.15) is 0 Å². The number of carbonyl (C=O) groups is 1. The molecule has 0 saturated carbocycles. The molecule has 0 radical (unpaired) electrons. The van der Waals surface area contributed by atoms with Crippen LogP contribution in [0.15, 0.2) is 18.2 Å². The summed E-state index contributed by atoms with van der Waals surface area (Å²) < 4.78 is 0. The first kappa shape index (κ1) is 15.4. The van der Waals surface area contributed by atoms with Crippen molar-refractivity contribution in [3.8, 4) is 0 Å². The molecule has 1 N–H and O–H groups in total. The average molecular weight is 286 g/mol. The van der Waals surface area contributed by atoms with E-state index in [1.54, 1.807) is 0 Å². The minimum atomic E-state index is -0.585. The van der Waals surface area contributed by atoms with E-state index in [-0.39, 0.29) is 22.7 Å². The molecule has 0 aliphatic heterocycles. The molecule has 19 heavy (non-hydrogen) atoms. The van der Waals surface area contributed by atoms with Crippen LogP contribution >= 0.6 is 11.6 Å². The fourth-order valence-electron chi connectivity index (χ4n) is 1.32. The van der Waals surface area contributed by atoms with E-state index in [9.17, 15) is 14.9 Å². The molecule has 1 rings (SSSR count). The fourth-order valence-corrected chi connectivity index (χ4v) is 1.57. The van der Waals surface area contributed by atoms with E-state index in [2.05, 4.69) is 5.32 Å². The Morgan fingerprint density at radius 2 is 2.16 bits per heavy atom. The second kappa shape index (κ2) is 6.49. The largest absolute Gasteiger partial charge is 0.350 e.